The number of carbonyl (C=O) groups excluding carboxylic acids is 2. The Morgan fingerprint density at radius 1 is 1.31 bits per heavy atom. The molecule has 1 amide bonds. The summed E-state index contributed by atoms with van der Waals surface area (Å²) < 4.78 is 19.8. The summed E-state index contributed by atoms with van der Waals surface area (Å²) in [5.41, 5.74) is 0.708. The highest BCUT2D eigenvalue weighted by Crippen LogP contribution is 2.14. The quantitative estimate of drug-likeness (QED) is 0.675. The molecule has 0 radical (unpaired) electrons. The number of benzene rings is 1. The van der Waals surface area contributed by atoms with E-state index in [1.54, 1.807) is 0 Å². The zero-order valence-electron chi connectivity index (χ0n) is 13.9. The minimum Gasteiger partial charge on any atom is -0.448 e. The maximum Gasteiger partial charge on any atom is 0.357 e. The van der Waals surface area contributed by atoms with Crippen LogP contribution in [0.3, 0.4) is 0 Å². The van der Waals surface area contributed by atoms with Crippen molar-refractivity contribution in [3.05, 3.63) is 70.7 Å². The van der Waals surface area contributed by atoms with Gasteiger partial charge in [-0.3, -0.25) is 9.36 Å². The predicted octanol–water partition coefficient (Wildman–Crippen LogP) is 2.93. The largest absolute Gasteiger partial charge is 0.448 e. The van der Waals surface area contributed by atoms with E-state index in [1.165, 1.54) is 59.6 Å². The summed E-state index contributed by atoms with van der Waals surface area (Å²) in [7, 11) is 0. The third kappa shape index (κ3) is 4.15. The molecule has 2 aromatic heterocycles. The number of amides is 1. The molecule has 3 aromatic rings. The van der Waals surface area contributed by atoms with Gasteiger partial charge in [0, 0.05) is 10.6 Å². The second kappa shape index (κ2) is 7.92. The van der Waals surface area contributed by atoms with Gasteiger partial charge in [0.2, 0.25) is 0 Å². The number of thiophene rings is 1. The van der Waals surface area contributed by atoms with Crippen LogP contribution >= 0.6 is 11.3 Å². The third-order valence-electron chi connectivity index (χ3n) is 3.62. The number of aromatic nitrogens is 2. The normalized spacial score (nSPS) is 11.8. The Hall–Kier alpha value is -3.00. The molecule has 0 aliphatic heterocycles. The van der Waals surface area contributed by atoms with E-state index in [1.807, 2.05) is 17.5 Å². The molecule has 6 nitrogen and oxygen atoms in total. The molecule has 0 unspecified atom stereocenters. The van der Waals surface area contributed by atoms with Gasteiger partial charge in [0.1, 0.15) is 5.82 Å². The predicted molar refractivity (Wildman–Crippen MR) is 94.6 cm³/mol. The van der Waals surface area contributed by atoms with Gasteiger partial charge in [-0.15, -0.1) is 11.3 Å². The molecule has 0 saturated heterocycles. The van der Waals surface area contributed by atoms with E-state index < -0.39 is 12.1 Å². The van der Waals surface area contributed by atoms with Crippen LogP contribution in [0.1, 0.15) is 22.3 Å². The number of rotatable bonds is 6. The molecule has 0 bridgehead atoms. The summed E-state index contributed by atoms with van der Waals surface area (Å²) in [5, 5.41) is 4.64. The van der Waals surface area contributed by atoms with E-state index >= 15 is 0 Å². The van der Waals surface area contributed by atoms with Crippen LogP contribution in [0.4, 0.5) is 4.39 Å². The molecular formula is C18H16FN3O3S. The first-order valence-corrected chi connectivity index (χ1v) is 8.72. The van der Waals surface area contributed by atoms with Gasteiger partial charge in [-0.2, -0.15) is 0 Å². The van der Waals surface area contributed by atoms with Gasteiger partial charge in [0.05, 0.1) is 19.1 Å². The fraction of sp³-hybridized carbons (Fsp3) is 0.167. The first-order chi connectivity index (χ1) is 12.5. The van der Waals surface area contributed by atoms with E-state index in [2.05, 4.69) is 10.3 Å². The lowest BCUT2D eigenvalue weighted by atomic mass is 10.3. The lowest BCUT2D eigenvalue weighted by Gasteiger charge is -2.14. The fourth-order valence-corrected chi connectivity index (χ4v) is 2.90. The van der Waals surface area contributed by atoms with Gasteiger partial charge in [-0.1, -0.05) is 6.07 Å². The molecule has 134 valence electrons. The molecule has 0 fully saturated rings. The number of halogens is 1. The zero-order valence-corrected chi connectivity index (χ0v) is 14.7. The average molecular weight is 373 g/mol. The molecule has 1 aromatic carbocycles. The number of nitrogens with one attached hydrogen (secondary N) is 1. The maximum absolute atomic E-state index is 13.1. The molecule has 26 heavy (non-hydrogen) atoms. The first kappa shape index (κ1) is 17.8. The molecule has 8 heteroatoms. The average Bonchev–Trinajstić information content (AvgIpc) is 3.32. The molecule has 0 aliphatic rings. The molecule has 0 spiro atoms. The summed E-state index contributed by atoms with van der Waals surface area (Å²) in [6.45, 7) is 1.88. The number of carbonyl (C=O) groups is 2. The van der Waals surface area contributed by atoms with E-state index in [0.29, 0.717) is 12.2 Å². The van der Waals surface area contributed by atoms with Crippen molar-refractivity contribution in [2.45, 2.75) is 19.6 Å². The number of ether oxygens (including phenoxy) is 1. The number of esters is 1. The Balaban J connectivity index is 1.63. The molecule has 3 rings (SSSR count). The van der Waals surface area contributed by atoms with Crippen molar-refractivity contribution in [1.82, 2.24) is 14.9 Å². The number of nitrogens with zero attached hydrogens (tertiary/aromatic N) is 2. The highest BCUT2D eigenvalue weighted by molar-refractivity contribution is 7.09. The second-order valence-electron chi connectivity index (χ2n) is 5.47. The Bertz CT molecular complexity index is 891. The van der Waals surface area contributed by atoms with Crippen LogP contribution in [0.5, 0.6) is 0 Å². The molecule has 0 aliphatic carbocycles. The minimum atomic E-state index is -0.959. The summed E-state index contributed by atoms with van der Waals surface area (Å²) >= 11 is 1.53. The minimum absolute atomic E-state index is 0.148. The molecular weight excluding hydrogens is 357 g/mol. The van der Waals surface area contributed by atoms with Crippen LogP contribution in [-0.2, 0) is 16.1 Å². The summed E-state index contributed by atoms with van der Waals surface area (Å²) in [6.07, 6.45) is 1.80. The van der Waals surface area contributed by atoms with Gasteiger partial charge in [0.15, 0.2) is 11.8 Å². The summed E-state index contributed by atoms with van der Waals surface area (Å²) in [5.74, 6) is -1.46. The topological polar surface area (TPSA) is 73.2 Å². The van der Waals surface area contributed by atoms with E-state index in [0.717, 1.165) is 4.88 Å². The fourth-order valence-electron chi connectivity index (χ4n) is 2.26. The van der Waals surface area contributed by atoms with E-state index in [4.69, 9.17) is 4.74 Å². The highest BCUT2D eigenvalue weighted by Gasteiger charge is 2.21. The van der Waals surface area contributed by atoms with Gasteiger partial charge in [-0.05, 0) is 42.6 Å². The molecule has 2 heterocycles. The Labute approximate surface area is 153 Å². The lowest BCUT2D eigenvalue weighted by molar-refractivity contribution is -0.129. The van der Waals surface area contributed by atoms with E-state index in [9.17, 15) is 14.0 Å². The van der Waals surface area contributed by atoms with Crippen LogP contribution in [0.15, 0.2) is 54.3 Å². The van der Waals surface area contributed by atoms with Crippen molar-refractivity contribution in [2.75, 3.05) is 0 Å². The van der Waals surface area contributed by atoms with Crippen molar-refractivity contribution in [2.24, 2.45) is 0 Å². The van der Waals surface area contributed by atoms with Gasteiger partial charge >= 0.3 is 5.97 Å². The zero-order chi connectivity index (χ0) is 18.5. The molecule has 0 saturated carbocycles. The second-order valence-corrected chi connectivity index (χ2v) is 6.50. The SMILES string of the molecule is C[C@H](OC(=O)c1cncn1-c1ccc(F)cc1)C(=O)NCc1cccs1. The number of hydrogen-bond acceptors (Lipinski definition) is 5. The van der Waals surface area contributed by atoms with E-state index in [-0.39, 0.29) is 17.4 Å². The standard InChI is InChI=1S/C18H16FN3O3S/c1-12(17(23)21-9-15-3-2-8-26-15)25-18(24)16-10-20-11-22(16)14-6-4-13(19)5-7-14/h2-8,10-12H,9H2,1H3,(H,21,23)/t12-/m0/s1. The van der Waals surface area contributed by atoms with Crippen LogP contribution in [0, 0.1) is 5.82 Å². The Kier molecular flexibility index (Phi) is 5.43. The van der Waals surface area contributed by atoms with Crippen molar-refractivity contribution in [3.63, 3.8) is 0 Å². The summed E-state index contributed by atoms with van der Waals surface area (Å²) in [6, 6.07) is 9.40. The molecule has 1 atom stereocenters. The van der Waals surface area contributed by atoms with Crippen molar-refractivity contribution in [3.8, 4) is 5.69 Å². The van der Waals surface area contributed by atoms with Gasteiger partial charge in [0.25, 0.3) is 5.91 Å². The van der Waals surface area contributed by atoms with Crippen LogP contribution in [0.2, 0.25) is 0 Å². The van der Waals surface area contributed by atoms with Crippen LogP contribution < -0.4 is 5.32 Å². The third-order valence-corrected chi connectivity index (χ3v) is 4.50. The van der Waals surface area contributed by atoms with Crippen LogP contribution in [-0.4, -0.2) is 27.5 Å². The number of hydrogen-bond donors (Lipinski definition) is 1. The molecule has 1 N–H and O–H groups in total. The monoisotopic (exact) mass is 373 g/mol. The van der Waals surface area contributed by atoms with Crippen molar-refractivity contribution >= 4 is 23.2 Å². The Morgan fingerprint density at radius 2 is 2.08 bits per heavy atom. The number of imidazole rings is 1. The van der Waals surface area contributed by atoms with Gasteiger partial charge in [-0.25, -0.2) is 14.2 Å². The Morgan fingerprint density at radius 3 is 2.77 bits per heavy atom. The highest BCUT2D eigenvalue weighted by atomic mass is 32.1. The van der Waals surface area contributed by atoms with Crippen LogP contribution in [0.25, 0.3) is 5.69 Å². The van der Waals surface area contributed by atoms with Gasteiger partial charge < -0.3 is 10.1 Å². The van der Waals surface area contributed by atoms with Crippen molar-refractivity contribution in [1.29, 1.82) is 0 Å². The van der Waals surface area contributed by atoms with Crippen molar-refractivity contribution < 1.29 is 18.7 Å². The lowest BCUT2D eigenvalue weighted by Crippen LogP contribution is -2.35. The summed E-state index contributed by atoms with van der Waals surface area (Å²) in [4.78, 5) is 29.4. The maximum atomic E-state index is 13.1. The smallest absolute Gasteiger partial charge is 0.357 e. The first-order valence-electron chi connectivity index (χ1n) is 7.84.